The first kappa shape index (κ1) is 13.8. The molecule has 0 bridgehead atoms. The molecule has 0 aliphatic carbocycles. The maximum Gasteiger partial charge on any atom is 0.328 e. The van der Waals surface area contributed by atoms with Crippen LogP contribution in [0.1, 0.15) is 25.0 Å². The van der Waals surface area contributed by atoms with Crippen molar-refractivity contribution in [3.05, 3.63) is 29.3 Å². The number of anilines is 1. The second-order valence-corrected chi connectivity index (χ2v) is 6.09. The zero-order valence-corrected chi connectivity index (χ0v) is 12.5. The number of nitrogens with zero attached hydrogens (tertiary/aromatic N) is 1. The molecule has 5 heteroatoms. The first-order chi connectivity index (χ1) is 8.77. The fourth-order valence-electron chi connectivity index (χ4n) is 2.27. The average Bonchev–Trinajstić information content (AvgIpc) is 2.50. The minimum atomic E-state index is -0.187. The van der Waals surface area contributed by atoms with E-state index in [9.17, 15) is 4.79 Å². The predicted molar refractivity (Wildman–Crippen MR) is 81.5 cm³/mol. The molecule has 1 saturated heterocycles. The van der Waals surface area contributed by atoms with Crippen molar-refractivity contribution in [2.75, 3.05) is 11.9 Å². The van der Waals surface area contributed by atoms with Crippen LogP contribution in [0.5, 0.6) is 0 Å². The Morgan fingerprint density at radius 3 is 2.37 bits per heavy atom. The smallest absolute Gasteiger partial charge is 0.328 e. The second kappa shape index (κ2) is 4.81. The number of nitrogens with one attached hydrogen (secondary N) is 2. The van der Waals surface area contributed by atoms with Crippen LogP contribution < -0.4 is 10.6 Å². The first-order valence-electron chi connectivity index (χ1n) is 6.26. The number of hydrogen-bond donors (Lipinski definition) is 2. The van der Waals surface area contributed by atoms with E-state index in [1.807, 2.05) is 39.8 Å². The third-order valence-corrected chi connectivity index (χ3v) is 3.28. The van der Waals surface area contributed by atoms with Crippen LogP contribution >= 0.6 is 12.2 Å². The fourth-order valence-corrected chi connectivity index (χ4v) is 2.69. The molecule has 1 aliphatic rings. The Labute approximate surface area is 119 Å². The minimum absolute atomic E-state index is 0.170. The van der Waals surface area contributed by atoms with E-state index in [1.165, 1.54) is 0 Å². The molecule has 0 atom stereocenters. The van der Waals surface area contributed by atoms with E-state index in [1.54, 1.807) is 4.90 Å². The Balaban J connectivity index is 2.11. The highest BCUT2D eigenvalue weighted by Crippen LogP contribution is 2.18. The van der Waals surface area contributed by atoms with Gasteiger partial charge in [-0.15, -0.1) is 0 Å². The van der Waals surface area contributed by atoms with Gasteiger partial charge in [0, 0.05) is 5.69 Å². The minimum Gasteiger partial charge on any atom is -0.355 e. The molecule has 2 rings (SSSR count). The summed E-state index contributed by atoms with van der Waals surface area (Å²) in [5.74, 6) is 0. The van der Waals surface area contributed by atoms with E-state index in [0.717, 1.165) is 16.8 Å². The Hall–Kier alpha value is -1.62. The monoisotopic (exact) mass is 277 g/mol. The van der Waals surface area contributed by atoms with Crippen LogP contribution in [0.3, 0.4) is 0 Å². The molecular formula is C14H19N3OS. The summed E-state index contributed by atoms with van der Waals surface area (Å²) in [6, 6.07) is 5.78. The Bertz CT molecular complexity index is 519. The van der Waals surface area contributed by atoms with Crippen molar-refractivity contribution < 1.29 is 4.79 Å². The van der Waals surface area contributed by atoms with Crippen LogP contribution in [0, 0.1) is 13.8 Å². The van der Waals surface area contributed by atoms with Crippen LogP contribution in [0.15, 0.2) is 18.2 Å². The van der Waals surface area contributed by atoms with Gasteiger partial charge in [0.05, 0.1) is 12.1 Å². The van der Waals surface area contributed by atoms with Crippen molar-refractivity contribution in [1.82, 2.24) is 10.2 Å². The maximum atomic E-state index is 12.2. The van der Waals surface area contributed by atoms with Crippen LogP contribution in [0.25, 0.3) is 0 Å². The van der Waals surface area contributed by atoms with Gasteiger partial charge < -0.3 is 10.6 Å². The maximum absolute atomic E-state index is 12.2. The molecule has 1 fully saturated rings. The fraction of sp³-hybridized carbons (Fsp3) is 0.429. The summed E-state index contributed by atoms with van der Waals surface area (Å²) in [5, 5.41) is 6.50. The molecule has 19 heavy (non-hydrogen) atoms. The van der Waals surface area contributed by atoms with Crippen molar-refractivity contribution in [1.29, 1.82) is 0 Å². The lowest BCUT2D eigenvalue weighted by Gasteiger charge is -2.18. The van der Waals surface area contributed by atoms with Crippen molar-refractivity contribution in [2.45, 2.75) is 33.2 Å². The van der Waals surface area contributed by atoms with Gasteiger partial charge in [-0.2, -0.15) is 0 Å². The van der Waals surface area contributed by atoms with E-state index in [2.05, 4.69) is 16.7 Å². The van der Waals surface area contributed by atoms with E-state index in [4.69, 9.17) is 12.2 Å². The van der Waals surface area contributed by atoms with E-state index < -0.39 is 0 Å². The lowest BCUT2D eigenvalue weighted by molar-refractivity contribution is 0.233. The van der Waals surface area contributed by atoms with Gasteiger partial charge in [-0.1, -0.05) is 6.07 Å². The topological polar surface area (TPSA) is 44.4 Å². The summed E-state index contributed by atoms with van der Waals surface area (Å²) in [4.78, 5) is 13.8. The van der Waals surface area contributed by atoms with Crippen molar-refractivity contribution in [3.8, 4) is 0 Å². The number of carbonyl (C=O) groups excluding carboxylic acids is 1. The van der Waals surface area contributed by atoms with Crippen molar-refractivity contribution in [2.24, 2.45) is 0 Å². The standard InChI is InChI=1S/C14H19N3OS/c1-9-5-10(2)7-11(6-9)15-12(18)17-8-14(3,4)16-13(17)19/h5-7H,8H2,1-4H3,(H,15,18)(H,16,19). The predicted octanol–water partition coefficient (Wildman–Crippen LogP) is 2.80. The molecule has 0 unspecified atom stereocenters. The molecular weight excluding hydrogens is 258 g/mol. The molecule has 102 valence electrons. The number of amides is 2. The molecule has 0 aromatic heterocycles. The molecule has 1 aliphatic heterocycles. The highest BCUT2D eigenvalue weighted by Gasteiger charge is 2.35. The number of benzene rings is 1. The quantitative estimate of drug-likeness (QED) is 0.776. The van der Waals surface area contributed by atoms with Crippen molar-refractivity contribution >= 4 is 29.0 Å². The number of urea groups is 1. The largest absolute Gasteiger partial charge is 0.355 e. The summed E-state index contributed by atoms with van der Waals surface area (Å²) in [6.07, 6.45) is 0. The van der Waals surface area contributed by atoms with Gasteiger partial charge in [0.2, 0.25) is 0 Å². The number of hydrogen-bond acceptors (Lipinski definition) is 2. The van der Waals surface area contributed by atoms with Gasteiger partial charge in [0.25, 0.3) is 0 Å². The number of aryl methyl sites for hydroxylation is 2. The molecule has 0 spiro atoms. The van der Waals surface area contributed by atoms with Gasteiger partial charge in [-0.3, -0.25) is 4.90 Å². The third-order valence-electron chi connectivity index (χ3n) is 2.96. The van der Waals surface area contributed by atoms with Crippen molar-refractivity contribution in [3.63, 3.8) is 0 Å². The van der Waals surface area contributed by atoms with Gasteiger partial charge in [-0.05, 0) is 63.2 Å². The summed E-state index contributed by atoms with van der Waals surface area (Å²) in [5.41, 5.74) is 2.88. The first-order valence-corrected chi connectivity index (χ1v) is 6.67. The van der Waals surface area contributed by atoms with Crippen LogP contribution in [-0.2, 0) is 0 Å². The number of carbonyl (C=O) groups is 1. The number of thiocarbonyl (C=S) groups is 1. The average molecular weight is 277 g/mol. The Morgan fingerprint density at radius 1 is 1.32 bits per heavy atom. The zero-order valence-electron chi connectivity index (χ0n) is 11.7. The third kappa shape index (κ3) is 3.23. The summed E-state index contributed by atoms with van der Waals surface area (Å²) in [6.45, 7) is 8.62. The van der Waals surface area contributed by atoms with E-state index in [0.29, 0.717) is 11.7 Å². The molecule has 1 aromatic rings. The molecule has 2 amide bonds. The van der Waals surface area contributed by atoms with E-state index >= 15 is 0 Å². The Kier molecular flexibility index (Phi) is 3.49. The summed E-state index contributed by atoms with van der Waals surface area (Å²) < 4.78 is 0. The molecule has 0 saturated carbocycles. The van der Waals surface area contributed by atoms with Crippen LogP contribution in [0.2, 0.25) is 0 Å². The molecule has 1 aromatic carbocycles. The highest BCUT2D eigenvalue weighted by atomic mass is 32.1. The zero-order chi connectivity index (χ0) is 14.2. The van der Waals surface area contributed by atoms with E-state index in [-0.39, 0.29) is 11.6 Å². The normalized spacial score (nSPS) is 17.3. The highest BCUT2D eigenvalue weighted by molar-refractivity contribution is 7.80. The molecule has 1 heterocycles. The molecule has 2 N–H and O–H groups in total. The Morgan fingerprint density at radius 2 is 1.89 bits per heavy atom. The molecule has 4 nitrogen and oxygen atoms in total. The van der Waals surface area contributed by atoms with Gasteiger partial charge in [0.1, 0.15) is 0 Å². The number of rotatable bonds is 1. The second-order valence-electron chi connectivity index (χ2n) is 5.71. The van der Waals surface area contributed by atoms with Gasteiger partial charge >= 0.3 is 6.03 Å². The summed E-state index contributed by atoms with van der Waals surface area (Å²) in [7, 11) is 0. The van der Waals surface area contributed by atoms with Gasteiger partial charge in [-0.25, -0.2) is 4.79 Å². The lowest BCUT2D eigenvalue weighted by Crippen LogP contribution is -2.37. The lowest BCUT2D eigenvalue weighted by atomic mass is 10.1. The van der Waals surface area contributed by atoms with Crippen LogP contribution in [-0.4, -0.2) is 28.1 Å². The van der Waals surface area contributed by atoms with Crippen LogP contribution in [0.4, 0.5) is 10.5 Å². The van der Waals surface area contributed by atoms with Gasteiger partial charge in [0.15, 0.2) is 5.11 Å². The SMILES string of the molecule is Cc1cc(C)cc(NC(=O)N2CC(C)(C)NC2=S)c1. The summed E-state index contributed by atoms with van der Waals surface area (Å²) >= 11 is 5.19. The molecule has 0 radical (unpaired) electrons.